The highest BCUT2D eigenvalue weighted by atomic mass is 15.2. The molecule has 0 aliphatic heterocycles. The molecule has 1 aliphatic carbocycles. The van der Waals surface area contributed by atoms with Crippen molar-refractivity contribution in [3.63, 3.8) is 0 Å². The van der Waals surface area contributed by atoms with Crippen LogP contribution in [0.15, 0.2) is 194 Å². The van der Waals surface area contributed by atoms with Gasteiger partial charge in [-0.15, -0.1) is 0 Å². The number of para-hydroxylation sites is 2. The van der Waals surface area contributed by atoms with E-state index in [0.717, 1.165) is 34.1 Å². The topological polar surface area (TPSA) is 6.48 Å². The number of rotatable bonds is 7. The fourth-order valence-corrected chi connectivity index (χ4v) is 7.97. The lowest BCUT2D eigenvalue weighted by Gasteiger charge is -2.30. The van der Waals surface area contributed by atoms with Gasteiger partial charge in [0, 0.05) is 39.4 Å². The molecule has 0 heterocycles. The number of benzene rings is 8. The maximum Gasteiger partial charge on any atom is 0.0546 e. The maximum atomic E-state index is 2.40. The highest BCUT2D eigenvalue weighted by Gasteiger charge is 2.35. The summed E-state index contributed by atoms with van der Waals surface area (Å²) in [5, 5.41) is 2.46. The third-order valence-electron chi connectivity index (χ3n) is 10.4. The first-order chi connectivity index (χ1) is 25.1. The average molecular weight is 655 g/mol. The van der Waals surface area contributed by atoms with Gasteiger partial charge in [-0.05, 0) is 105 Å². The molecule has 0 saturated heterocycles. The molecule has 51 heavy (non-hydrogen) atoms. The van der Waals surface area contributed by atoms with E-state index in [1.807, 2.05) is 0 Å². The van der Waals surface area contributed by atoms with Crippen LogP contribution in [0.3, 0.4) is 0 Å². The third kappa shape index (κ3) is 5.28. The zero-order valence-corrected chi connectivity index (χ0v) is 28.9. The highest BCUT2D eigenvalue weighted by molar-refractivity contribution is 6.05. The van der Waals surface area contributed by atoms with Crippen molar-refractivity contribution < 1.29 is 0 Å². The van der Waals surface area contributed by atoms with Crippen molar-refractivity contribution in [1.82, 2.24) is 0 Å². The van der Waals surface area contributed by atoms with E-state index in [1.54, 1.807) is 0 Å². The summed E-state index contributed by atoms with van der Waals surface area (Å²) < 4.78 is 0. The molecule has 0 aromatic heterocycles. The number of nitrogens with zero attached hydrogens (tertiary/aromatic N) is 2. The Morgan fingerprint density at radius 2 is 0.882 bits per heavy atom. The summed E-state index contributed by atoms with van der Waals surface area (Å²) in [5.74, 6) is 0. The molecule has 0 fully saturated rings. The molecule has 1 aliphatic rings. The number of hydrogen-bond donors (Lipinski definition) is 0. The SMILES string of the molecule is CC1(C)c2ccccc2-c2ccc(N(c3ccccc3)c3ccc(N(c4ccccc4)c4ccc5ccccc5c4-c4ccccc4)cc3)cc21. The van der Waals surface area contributed by atoms with Gasteiger partial charge < -0.3 is 9.80 Å². The molecule has 0 spiro atoms. The van der Waals surface area contributed by atoms with Gasteiger partial charge in [-0.3, -0.25) is 0 Å². The van der Waals surface area contributed by atoms with Crippen LogP contribution in [0.1, 0.15) is 25.0 Å². The van der Waals surface area contributed by atoms with Crippen molar-refractivity contribution in [2.24, 2.45) is 0 Å². The zero-order valence-electron chi connectivity index (χ0n) is 28.9. The van der Waals surface area contributed by atoms with Crippen LogP contribution in [0, 0.1) is 0 Å². The highest BCUT2D eigenvalue weighted by Crippen LogP contribution is 2.51. The van der Waals surface area contributed by atoms with Crippen LogP contribution in [0.4, 0.5) is 34.1 Å². The lowest BCUT2D eigenvalue weighted by atomic mass is 9.82. The van der Waals surface area contributed by atoms with Crippen molar-refractivity contribution in [3.05, 3.63) is 205 Å². The van der Waals surface area contributed by atoms with E-state index in [1.165, 1.54) is 44.2 Å². The Hall–Kier alpha value is -6.38. The van der Waals surface area contributed by atoms with E-state index < -0.39 is 0 Å². The van der Waals surface area contributed by atoms with E-state index in [4.69, 9.17) is 0 Å². The standard InChI is InChI=1S/C49H38N2/c1-49(2)45-25-15-14-24-43(45)44-32-31-41(34-46(44)49)50(37-19-8-4-9-20-37)39-27-29-40(30-28-39)51(38-21-10-5-11-22-38)47-33-26-35-16-12-13-23-42(35)48(47)36-17-6-3-7-18-36/h3-34H,1-2H3. The fourth-order valence-electron chi connectivity index (χ4n) is 7.97. The molecule has 8 aromatic rings. The van der Waals surface area contributed by atoms with Crippen molar-refractivity contribution in [2.75, 3.05) is 9.80 Å². The summed E-state index contributed by atoms with van der Waals surface area (Å²) in [5.41, 5.74) is 14.5. The molecule has 0 N–H and O–H groups in total. The smallest absolute Gasteiger partial charge is 0.0546 e. The van der Waals surface area contributed by atoms with E-state index in [-0.39, 0.29) is 5.41 Å². The number of fused-ring (bicyclic) bond motifs is 4. The summed E-state index contributed by atoms with van der Waals surface area (Å²) in [7, 11) is 0. The van der Waals surface area contributed by atoms with Crippen molar-refractivity contribution in [2.45, 2.75) is 19.3 Å². The summed E-state index contributed by atoms with van der Waals surface area (Å²) in [4.78, 5) is 4.77. The first kappa shape index (κ1) is 30.7. The third-order valence-corrected chi connectivity index (χ3v) is 10.4. The second kappa shape index (κ2) is 12.5. The molecule has 0 unspecified atom stereocenters. The molecule has 2 nitrogen and oxygen atoms in total. The molecule has 0 atom stereocenters. The summed E-state index contributed by atoms with van der Waals surface area (Å²) in [6.45, 7) is 4.69. The van der Waals surface area contributed by atoms with Gasteiger partial charge in [0.2, 0.25) is 0 Å². The number of hydrogen-bond acceptors (Lipinski definition) is 2. The van der Waals surface area contributed by atoms with E-state index in [9.17, 15) is 0 Å². The quantitative estimate of drug-likeness (QED) is 0.169. The van der Waals surface area contributed by atoms with E-state index >= 15 is 0 Å². The second-order valence-corrected chi connectivity index (χ2v) is 13.8. The Morgan fingerprint density at radius 1 is 0.373 bits per heavy atom. The maximum absolute atomic E-state index is 2.40. The summed E-state index contributed by atoms with van der Waals surface area (Å²) in [6.07, 6.45) is 0. The largest absolute Gasteiger partial charge is 0.310 e. The Balaban J connectivity index is 1.19. The molecule has 0 saturated carbocycles. The van der Waals surface area contributed by atoms with Crippen molar-refractivity contribution >= 4 is 44.9 Å². The molecule has 244 valence electrons. The molecule has 8 aromatic carbocycles. The predicted molar refractivity (Wildman–Crippen MR) is 216 cm³/mol. The van der Waals surface area contributed by atoms with Gasteiger partial charge in [0.25, 0.3) is 0 Å². The Labute approximate surface area is 300 Å². The summed E-state index contributed by atoms with van der Waals surface area (Å²) in [6, 6.07) is 70.2. The van der Waals surface area contributed by atoms with Crippen molar-refractivity contribution in [3.8, 4) is 22.3 Å². The van der Waals surface area contributed by atoms with Crippen LogP contribution >= 0.6 is 0 Å². The molecule has 0 bridgehead atoms. The van der Waals surface area contributed by atoms with Gasteiger partial charge in [-0.2, -0.15) is 0 Å². The van der Waals surface area contributed by atoms with Gasteiger partial charge in [0.05, 0.1) is 5.69 Å². The normalized spacial score (nSPS) is 12.7. The molecule has 0 radical (unpaired) electrons. The predicted octanol–water partition coefficient (Wildman–Crippen LogP) is 13.8. The first-order valence-electron chi connectivity index (χ1n) is 17.7. The van der Waals surface area contributed by atoms with Crippen LogP contribution in [0.5, 0.6) is 0 Å². The van der Waals surface area contributed by atoms with E-state index in [0.29, 0.717) is 0 Å². The monoisotopic (exact) mass is 654 g/mol. The molecule has 0 amide bonds. The average Bonchev–Trinajstić information content (AvgIpc) is 3.42. The van der Waals surface area contributed by atoms with E-state index in [2.05, 4.69) is 218 Å². The second-order valence-electron chi connectivity index (χ2n) is 13.8. The summed E-state index contributed by atoms with van der Waals surface area (Å²) >= 11 is 0. The van der Waals surface area contributed by atoms with Crippen molar-refractivity contribution in [1.29, 1.82) is 0 Å². The lowest BCUT2D eigenvalue weighted by Crippen LogP contribution is -2.16. The first-order valence-corrected chi connectivity index (χ1v) is 17.7. The van der Waals surface area contributed by atoms with Gasteiger partial charge in [0.1, 0.15) is 0 Å². The molecule has 2 heteroatoms. The van der Waals surface area contributed by atoms with Crippen LogP contribution in [0.2, 0.25) is 0 Å². The van der Waals surface area contributed by atoms with Crippen LogP contribution < -0.4 is 9.80 Å². The van der Waals surface area contributed by atoms with Gasteiger partial charge in [0.15, 0.2) is 0 Å². The minimum Gasteiger partial charge on any atom is -0.310 e. The van der Waals surface area contributed by atoms with Gasteiger partial charge in [-0.1, -0.05) is 141 Å². The van der Waals surface area contributed by atoms with Crippen LogP contribution in [-0.4, -0.2) is 0 Å². The molecule has 9 rings (SSSR count). The minimum atomic E-state index is -0.0827. The molecular weight excluding hydrogens is 617 g/mol. The number of anilines is 6. The Morgan fingerprint density at radius 3 is 1.59 bits per heavy atom. The molecular formula is C49H38N2. The lowest BCUT2D eigenvalue weighted by molar-refractivity contribution is 0.660. The minimum absolute atomic E-state index is 0.0827. The Kier molecular flexibility index (Phi) is 7.51. The zero-order chi connectivity index (χ0) is 34.4. The van der Waals surface area contributed by atoms with Gasteiger partial charge >= 0.3 is 0 Å². The van der Waals surface area contributed by atoms with Gasteiger partial charge in [-0.25, -0.2) is 0 Å². The Bertz CT molecular complexity index is 2480. The van der Waals surface area contributed by atoms with Crippen LogP contribution in [-0.2, 0) is 5.41 Å². The van der Waals surface area contributed by atoms with Crippen LogP contribution in [0.25, 0.3) is 33.0 Å². The fraction of sp³-hybridized carbons (Fsp3) is 0.0612.